The van der Waals surface area contributed by atoms with Gasteiger partial charge in [0.2, 0.25) is 10.0 Å². The molecule has 0 aliphatic heterocycles. The Hall–Kier alpha value is -3.88. The number of aliphatic carboxylic acids is 1. The van der Waals surface area contributed by atoms with Crippen molar-refractivity contribution in [3.8, 4) is 11.1 Å². The molecule has 0 amide bonds. The molecule has 0 aliphatic rings. The third-order valence-corrected chi connectivity index (χ3v) is 7.37. The molecule has 0 radical (unpaired) electrons. The number of carbonyl (C=O) groups is 1. The molecule has 3 aromatic carbocycles. The van der Waals surface area contributed by atoms with Gasteiger partial charge in [0.1, 0.15) is 6.33 Å². The van der Waals surface area contributed by atoms with E-state index in [1.807, 2.05) is 48.5 Å². The van der Waals surface area contributed by atoms with E-state index >= 15 is 0 Å². The monoisotopic (exact) mass is 487 g/mol. The Bertz CT molecular complexity index is 1380. The van der Waals surface area contributed by atoms with E-state index in [1.54, 1.807) is 42.7 Å². The Morgan fingerprint density at radius 3 is 2.11 bits per heavy atom. The molecule has 0 atom stereocenters. The van der Waals surface area contributed by atoms with E-state index in [0.29, 0.717) is 6.42 Å². The van der Waals surface area contributed by atoms with E-state index in [0.717, 1.165) is 27.8 Å². The molecule has 0 unspecified atom stereocenters. The molecule has 0 bridgehead atoms. The van der Waals surface area contributed by atoms with Crippen LogP contribution < -0.4 is 0 Å². The molecule has 178 valence electrons. The second-order valence-corrected chi connectivity index (χ2v) is 10.1. The smallest absolute Gasteiger partial charge is 0.303 e. The summed E-state index contributed by atoms with van der Waals surface area (Å²) in [5.74, 6) is -0.866. The number of aryl methyl sites for hydroxylation is 1. The van der Waals surface area contributed by atoms with Gasteiger partial charge in [-0.2, -0.15) is 4.31 Å². The molecule has 0 spiro atoms. The van der Waals surface area contributed by atoms with Crippen LogP contribution in [0.2, 0.25) is 0 Å². The number of aromatic nitrogens is 2. The Balaban J connectivity index is 1.61. The summed E-state index contributed by atoms with van der Waals surface area (Å²) in [5.41, 5.74) is 4.32. The van der Waals surface area contributed by atoms with Crippen molar-refractivity contribution in [2.75, 3.05) is 0 Å². The molecule has 0 saturated heterocycles. The number of nitrogens with zero attached hydrogens (tertiary/aromatic N) is 3. The van der Waals surface area contributed by atoms with Crippen LogP contribution in [-0.4, -0.2) is 33.8 Å². The summed E-state index contributed by atoms with van der Waals surface area (Å²) in [4.78, 5) is 19.3. The first-order valence-electron chi connectivity index (χ1n) is 11.1. The minimum atomic E-state index is -3.78. The minimum absolute atomic E-state index is 0.0221. The number of benzene rings is 3. The van der Waals surface area contributed by atoms with Crippen LogP contribution in [0.15, 0.2) is 102 Å². The van der Waals surface area contributed by atoms with E-state index in [-0.39, 0.29) is 24.4 Å². The molecule has 0 aliphatic carbocycles. The highest BCUT2D eigenvalue weighted by molar-refractivity contribution is 7.89. The fourth-order valence-corrected chi connectivity index (χ4v) is 5.20. The summed E-state index contributed by atoms with van der Waals surface area (Å²) in [6, 6.07) is 23.4. The summed E-state index contributed by atoms with van der Waals surface area (Å²) < 4.78 is 28.6. The second-order valence-electron chi connectivity index (χ2n) is 8.12. The maximum Gasteiger partial charge on any atom is 0.303 e. The van der Waals surface area contributed by atoms with Crippen molar-refractivity contribution in [2.24, 2.45) is 0 Å². The van der Waals surface area contributed by atoms with Gasteiger partial charge >= 0.3 is 5.97 Å². The summed E-state index contributed by atoms with van der Waals surface area (Å²) in [6.45, 7) is 0.342. The zero-order valence-corrected chi connectivity index (χ0v) is 19.8. The van der Waals surface area contributed by atoms with Crippen LogP contribution in [0, 0.1) is 0 Å². The van der Waals surface area contributed by atoms with E-state index < -0.39 is 16.0 Å². The van der Waals surface area contributed by atoms with E-state index in [9.17, 15) is 13.2 Å². The SMILES string of the molecule is O=C(O)CCc1cccc(CN(Cc2ccc(-c3cncnc3)cc2)S(=O)(=O)c2ccccc2)c1. The van der Waals surface area contributed by atoms with Gasteiger partial charge in [-0.15, -0.1) is 0 Å². The van der Waals surface area contributed by atoms with Crippen molar-refractivity contribution >= 4 is 16.0 Å². The maximum absolute atomic E-state index is 13.6. The highest BCUT2D eigenvalue weighted by Crippen LogP contribution is 2.24. The lowest BCUT2D eigenvalue weighted by molar-refractivity contribution is -0.136. The molecule has 1 heterocycles. The lowest BCUT2D eigenvalue weighted by atomic mass is 10.1. The normalized spacial score (nSPS) is 11.5. The van der Waals surface area contributed by atoms with Crippen LogP contribution in [0.4, 0.5) is 0 Å². The zero-order valence-electron chi connectivity index (χ0n) is 19.0. The first-order valence-corrected chi connectivity index (χ1v) is 12.5. The fraction of sp³-hybridized carbons (Fsp3) is 0.148. The second kappa shape index (κ2) is 11.0. The summed E-state index contributed by atoms with van der Waals surface area (Å²) in [6.07, 6.45) is 5.34. The number of carboxylic acid groups (broad SMARTS) is 1. The van der Waals surface area contributed by atoms with Gasteiger partial charge in [-0.1, -0.05) is 66.7 Å². The van der Waals surface area contributed by atoms with Crippen molar-refractivity contribution in [2.45, 2.75) is 30.8 Å². The van der Waals surface area contributed by atoms with Gasteiger partial charge in [0.25, 0.3) is 0 Å². The predicted octanol–water partition coefficient (Wildman–Crippen LogP) is 4.55. The molecule has 1 aromatic heterocycles. The minimum Gasteiger partial charge on any atom is -0.481 e. The Labute approximate surface area is 204 Å². The van der Waals surface area contributed by atoms with Crippen molar-refractivity contribution in [3.63, 3.8) is 0 Å². The average Bonchev–Trinajstić information content (AvgIpc) is 2.89. The van der Waals surface area contributed by atoms with Gasteiger partial charge < -0.3 is 5.11 Å². The Kier molecular flexibility index (Phi) is 7.64. The van der Waals surface area contributed by atoms with Crippen LogP contribution in [0.1, 0.15) is 23.1 Å². The highest BCUT2D eigenvalue weighted by Gasteiger charge is 2.25. The van der Waals surface area contributed by atoms with Crippen molar-refractivity contribution < 1.29 is 18.3 Å². The van der Waals surface area contributed by atoms with Crippen LogP contribution in [-0.2, 0) is 34.3 Å². The Morgan fingerprint density at radius 1 is 0.771 bits per heavy atom. The third kappa shape index (κ3) is 6.38. The molecule has 35 heavy (non-hydrogen) atoms. The van der Waals surface area contributed by atoms with Crippen molar-refractivity contribution in [3.05, 3.63) is 114 Å². The molecular weight excluding hydrogens is 462 g/mol. The molecule has 7 nitrogen and oxygen atoms in total. The molecule has 4 rings (SSSR count). The van der Waals surface area contributed by atoms with E-state index in [1.165, 1.54) is 10.6 Å². The number of carboxylic acids is 1. The summed E-state index contributed by atoms with van der Waals surface area (Å²) >= 11 is 0. The first kappa shape index (κ1) is 24.3. The molecule has 8 heteroatoms. The maximum atomic E-state index is 13.6. The third-order valence-electron chi connectivity index (χ3n) is 5.57. The zero-order chi connectivity index (χ0) is 24.7. The average molecular weight is 488 g/mol. The standard InChI is InChI=1S/C27H25N3O4S/c31-27(32)14-11-21-5-4-6-23(15-21)19-30(35(33,34)26-7-2-1-3-8-26)18-22-9-12-24(13-10-22)25-16-28-20-29-17-25/h1-10,12-13,15-17,20H,11,14,18-19H2,(H,31,32). The molecule has 0 saturated carbocycles. The molecule has 0 fully saturated rings. The summed E-state index contributed by atoms with van der Waals surface area (Å²) in [7, 11) is -3.78. The molecule has 1 N–H and O–H groups in total. The first-order chi connectivity index (χ1) is 16.9. The number of hydrogen-bond acceptors (Lipinski definition) is 5. The highest BCUT2D eigenvalue weighted by atomic mass is 32.2. The number of rotatable bonds is 10. The predicted molar refractivity (Wildman–Crippen MR) is 133 cm³/mol. The van der Waals surface area contributed by atoms with Crippen LogP contribution in [0.3, 0.4) is 0 Å². The fourth-order valence-electron chi connectivity index (χ4n) is 3.76. The molecule has 4 aromatic rings. The van der Waals surface area contributed by atoms with Crippen LogP contribution in [0.25, 0.3) is 11.1 Å². The Morgan fingerprint density at radius 2 is 1.43 bits per heavy atom. The largest absolute Gasteiger partial charge is 0.481 e. The number of sulfonamides is 1. The van der Waals surface area contributed by atoms with Crippen LogP contribution in [0.5, 0.6) is 0 Å². The lowest BCUT2D eigenvalue weighted by Crippen LogP contribution is -2.30. The van der Waals surface area contributed by atoms with E-state index in [2.05, 4.69) is 9.97 Å². The van der Waals surface area contributed by atoms with Gasteiger partial charge in [0.15, 0.2) is 0 Å². The lowest BCUT2D eigenvalue weighted by Gasteiger charge is -2.23. The topological polar surface area (TPSA) is 100 Å². The summed E-state index contributed by atoms with van der Waals surface area (Å²) in [5, 5.41) is 8.98. The van der Waals surface area contributed by atoms with Crippen molar-refractivity contribution in [1.29, 1.82) is 0 Å². The van der Waals surface area contributed by atoms with Crippen molar-refractivity contribution in [1.82, 2.24) is 14.3 Å². The van der Waals surface area contributed by atoms with Crippen LogP contribution >= 0.6 is 0 Å². The van der Waals surface area contributed by atoms with Gasteiger partial charge in [-0.3, -0.25) is 4.79 Å². The van der Waals surface area contributed by atoms with E-state index in [4.69, 9.17) is 5.11 Å². The van der Waals surface area contributed by atoms with Gasteiger partial charge in [0.05, 0.1) is 4.90 Å². The quantitative estimate of drug-likeness (QED) is 0.352. The molecular formula is C27H25N3O4S. The van der Waals surface area contributed by atoms with Gasteiger partial charge in [-0.25, -0.2) is 18.4 Å². The number of hydrogen-bond donors (Lipinski definition) is 1. The van der Waals surface area contributed by atoms with Gasteiger partial charge in [-0.05, 0) is 40.8 Å². The van der Waals surface area contributed by atoms with Gasteiger partial charge in [0, 0.05) is 37.5 Å².